The van der Waals surface area contributed by atoms with Gasteiger partial charge in [-0.25, -0.2) is 0 Å². The van der Waals surface area contributed by atoms with E-state index in [1.165, 1.54) is 169 Å². The van der Waals surface area contributed by atoms with E-state index in [4.69, 9.17) is 45.0 Å². The number of benzene rings is 6. The molecule has 1 amide bonds. The maximum atomic E-state index is 12.7. The zero-order valence-electron chi connectivity index (χ0n) is 85.3. The first-order valence-corrected chi connectivity index (χ1v) is 51.2. The third-order valence-electron chi connectivity index (χ3n) is 24.3. The van der Waals surface area contributed by atoms with E-state index in [9.17, 15) is 28.8 Å². The highest BCUT2D eigenvalue weighted by Gasteiger charge is 2.35. The second kappa shape index (κ2) is 66.3. The molecule has 12 rings (SSSR count). The summed E-state index contributed by atoms with van der Waals surface area (Å²) in [5, 5.41) is 18.4. The third kappa shape index (κ3) is 44.9. The Bertz CT molecular complexity index is 5230. The second-order valence-electron chi connectivity index (χ2n) is 38.1. The van der Waals surface area contributed by atoms with Gasteiger partial charge in [0.2, 0.25) is 5.91 Å². The number of likely N-dealkylation sites (tertiary alicyclic amines) is 2. The number of ether oxygens (including phenoxy) is 6. The van der Waals surface area contributed by atoms with Crippen LogP contribution in [0.5, 0.6) is 23.0 Å². The maximum absolute atomic E-state index is 12.7. The van der Waals surface area contributed by atoms with E-state index in [1.54, 1.807) is 78.1 Å². The van der Waals surface area contributed by atoms with Crippen molar-refractivity contribution in [3.05, 3.63) is 242 Å². The number of pyridine rings is 4. The number of anilines is 1. The van der Waals surface area contributed by atoms with E-state index in [0.29, 0.717) is 85.9 Å². The molecule has 6 aromatic carbocycles. The van der Waals surface area contributed by atoms with Gasteiger partial charge in [-0.2, -0.15) is 0 Å². The summed E-state index contributed by atoms with van der Waals surface area (Å²) >= 11 is 3.31. The van der Waals surface area contributed by atoms with Gasteiger partial charge in [0.25, 0.3) is 11.1 Å². The van der Waals surface area contributed by atoms with E-state index in [0.717, 1.165) is 120 Å². The number of hydrogen-bond donors (Lipinski definition) is 5. The molecule has 139 heavy (non-hydrogen) atoms. The summed E-state index contributed by atoms with van der Waals surface area (Å²) in [7, 11) is 9.96. The second-order valence-corrected chi connectivity index (χ2v) is 39.0. The number of unbranched alkanes of at least 4 members (excludes halogenated alkanes) is 24. The van der Waals surface area contributed by atoms with Crippen LogP contribution < -0.4 is 52.2 Å². The first-order valence-electron chi connectivity index (χ1n) is 50.4. The predicted octanol–water partition coefficient (Wildman–Crippen LogP) is 24.0. The number of amides is 1. The number of aromatic nitrogens is 4. The largest absolute Gasteiger partial charge is 0.496 e. The fourth-order valence-corrected chi connectivity index (χ4v) is 17.1. The van der Waals surface area contributed by atoms with Gasteiger partial charge >= 0.3 is 17.9 Å². The maximum Gasteiger partial charge on any atom is 0.309 e. The van der Waals surface area contributed by atoms with Crippen molar-refractivity contribution in [1.82, 2.24) is 34.2 Å². The van der Waals surface area contributed by atoms with Crippen LogP contribution in [0.1, 0.15) is 256 Å². The lowest BCUT2D eigenvalue weighted by atomic mass is 9.96. The molecule has 23 nitrogen and oxygen atoms in total. The highest BCUT2D eigenvalue weighted by atomic mass is 79.9. The zero-order chi connectivity index (χ0) is 99.7. The third-order valence-corrected chi connectivity index (χ3v) is 24.8. The SMILES string of the molecule is Brc1ccccc1.CC(C)(C)OC(=O)CCCCCCCCCN.CC(C)(C)OC(=O)CCCCCCCCCNc1ccccc1.COc1cc(-c2cn(C)c(=O)c3cnccc23)cc(OC)c1CN1CC(C(=O)NCCCCCCCCCc2ccccc2)C1.COc1cc(-c2cn(C)c(=O)c3cnccc23)cc(OC)c1CN1CC(C(=O)O)C1.Cl.NCCCCCCCCCc1ccccc1. The Hall–Kier alpha value is -10.5. The van der Waals surface area contributed by atoms with Gasteiger partial charge in [-0.3, -0.25) is 48.5 Å². The van der Waals surface area contributed by atoms with Gasteiger partial charge in [-0.15, -0.1) is 12.4 Å². The van der Waals surface area contributed by atoms with Gasteiger partial charge in [-0.1, -0.05) is 241 Å². The molecule has 4 aromatic heterocycles. The molecule has 25 heteroatoms. The highest BCUT2D eigenvalue weighted by molar-refractivity contribution is 9.10. The molecule has 6 heterocycles. The summed E-state index contributed by atoms with van der Waals surface area (Å²) in [6.07, 6.45) is 48.1. The van der Waals surface area contributed by atoms with E-state index < -0.39 is 5.97 Å². The van der Waals surface area contributed by atoms with Crippen molar-refractivity contribution in [2.45, 2.75) is 271 Å². The molecule has 2 aliphatic rings. The number of rotatable bonds is 51. The summed E-state index contributed by atoms with van der Waals surface area (Å²) in [4.78, 5) is 84.4. The molecule has 7 N–H and O–H groups in total. The van der Waals surface area contributed by atoms with E-state index >= 15 is 0 Å². The molecule has 0 bridgehead atoms. The normalized spacial score (nSPS) is 12.4. The molecule has 2 fully saturated rings. The Labute approximate surface area is 843 Å². The van der Waals surface area contributed by atoms with Crippen molar-refractivity contribution in [3.8, 4) is 45.3 Å². The van der Waals surface area contributed by atoms with E-state index in [2.05, 4.69) is 126 Å². The van der Waals surface area contributed by atoms with E-state index in [1.807, 2.05) is 125 Å². The van der Waals surface area contributed by atoms with Crippen LogP contribution in [0.2, 0.25) is 0 Å². The Kier molecular flexibility index (Phi) is 55.9. The summed E-state index contributed by atoms with van der Waals surface area (Å²) in [5.41, 5.74) is 19.4. The zero-order valence-corrected chi connectivity index (χ0v) is 87.7. The van der Waals surface area contributed by atoms with Crippen LogP contribution in [0.3, 0.4) is 0 Å². The first kappa shape index (κ1) is 117. The lowest BCUT2D eigenvalue weighted by Gasteiger charge is -2.38. The molecule has 0 atom stereocenters. The van der Waals surface area contributed by atoms with Crippen LogP contribution >= 0.6 is 28.3 Å². The number of nitrogens with zero attached hydrogens (tertiary/aromatic N) is 6. The van der Waals surface area contributed by atoms with Gasteiger partial charge in [0.15, 0.2) is 0 Å². The molecule has 0 saturated carbocycles. The number of halogens is 2. The first-order chi connectivity index (χ1) is 66.7. The molecule has 0 radical (unpaired) electrons. The Morgan fingerprint density at radius 3 is 1.09 bits per heavy atom. The number of carboxylic acids is 1. The number of aryl methyl sites for hydroxylation is 4. The number of hydrogen-bond acceptors (Lipinski definition) is 19. The van der Waals surface area contributed by atoms with Crippen molar-refractivity contribution in [3.63, 3.8) is 0 Å². The number of para-hydroxylation sites is 1. The van der Waals surface area contributed by atoms with Crippen molar-refractivity contribution in [2.75, 3.05) is 86.1 Å². The van der Waals surface area contributed by atoms with Crippen LogP contribution in [0.25, 0.3) is 43.8 Å². The summed E-state index contributed by atoms with van der Waals surface area (Å²) < 4.78 is 37.8. The smallest absolute Gasteiger partial charge is 0.309 e. The molecule has 0 unspecified atom stereocenters. The monoisotopic (exact) mass is 1990 g/mol. The van der Waals surface area contributed by atoms with Crippen LogP contribution in [0.4, 0.5) is 5.69 Å². The number of carbonyl (C=O) groups excluding carboxylic acids is 3. The fraction of sp³-hybridized carbons (Fsp3) is 0.509. The molecule has 2 aliphatic heterocycles. The molecular formula is C114H162BrClN10O13. The standard InChI is InChI=1S/C37H46N4O4.C22H23N3O5.C20H33NO2.C15H25N.C14H29NO2.C6H5Br.ClH/c1-40-25-32(30-17-19-38-22-31(30)37(40)43)28-20-34(44-2)33(35(21-28)45-3)26-41-23-29(24-41)36(42)39-18-13-8-6-4-5-7-10-14-27-15-11-9-12-16-27;1-24-11-17(15-4-5-23-8-16(15)21(24)26)13-6-19(29-2)18(20(7-13)30-3)12-25-9-14(10-25)22(27)28;1-20(2,3)23-19(22)16-12-7-5-4-6-8-13-17-21-18-14-10-9-11-15-18;16-14-10-5-3-1-2-4-7-11-15-12-8-6-9-13-15;1-14(2,3)17-13(16)11-9-7-5-4-6-8-10-12-15;7-6-4-2-1-3-5-6;/h9,11-12,15-17,19-22,25,29H,4-8,10,13-14,18,23-24,26H2,1-3H3,(H,39,42);4-8,11,14H,9-10,12H2,1-3H3,(H,27,28);9-11,14-15,21H,4-8,12-13,16-17H2,1-3H3;6,8-9,12-13H,1-5,7,10-11,14,16H2;4-12,15H2,1-3H3;1-5H;1H. The van der Waals surface area contributed by atoms with Crippen LogP contribution in [-0.2, 0) is 68.7 Å². The Balaban J connectivity index is 0.000000275. The quantitative estimate of drug-likeness (QED) is 0.0175. The van der Waals surface area contributed by atoms with Crippen molar-refractivity contribution in [1.29, 1.82) is 0 Å². The molecule has 0 aliphatic carbocycles. The molecule has 2 saturated heterocycles. The number of aliphatic carboxylic acids is 1. The number of fused-ring (bicyclic) bond motifs is 2. The topological polar surface area (TPSA) is 296 Å². The van der Waals surface area contributed by atoms with Crippen molar-refractivity contribution in [2.24, 2.45) is 37.4 Å². The van der Waals surface area contributed by atoms with Gasteiger partial charge in [-0.05, 0) is 213 Å². The average molecular weight is 2000 g/mol. The number of nitrogens with two attached hydrogens (primary N) is 2. The van der Waals surface area contributed by atoms with Gasteiger partial charge in [0, 0.05) is 138 Å². The van der Waals surface area contributed by atoms with Crippen molar-refractivity contribution >= 4 is 79.4 Å². The summed E-state index contributed by atoms with van der Waals surface area (Å²) in [6, 6.07) is 53.3. The summed E-state index contributed by atoms with van der Waals surface area (Å²) in [5.74, 6) is 1.66. The van der Waals surface area contributed by atoms with Gasteiger partial charge < -0.3 is 64.8 Å². The number of methoxy groups -OCH3 is 4. The Morgan fingerprint density at radius 2 is 0.748 bits per heavy atom. The van der Waals surface area contributed by atoms with Crippen molar-refractivity contribution < 1.29 is 52.7 Å². The number of carbonyl (C=O) groups is 4. The lowest BCUT2D eigenvalue weighted by Crippen LogP contribution is -2.53. The minimum Gasteiger partial charge on any atom is -0.496 e. The van der Waals surface area contributed by atoms with Gasteiger partial charge in [0.05, 0.1) is 62.2 Å². The molecule has 0 spiro atoms. The van der Waals surface area contributed by atoms with Gasteiger partial charge in [0.1, 0.15) is 34.2 Å². The van der Waals surface area contributed by atoms with Crippen LogP contribution in [-0.4, -0.2) is 150 Å². The minimum absolute atomic E-state index is 0. The highest BCUT2D eigenvalue weighted by Crippen LogP contribution is 2.41. The number of esters is 2. The van der Waals surface area contributed by atoms with Crippen LogP contribution in [0, 0.1) is 11.8 Å². The molecular weight excluding hydrogens is 1830 g/mol. The van der Waals surface area contributed by atoms with E-state index in [-0.39, 0.29) is 64.4 Å². The fourth-order valence-electron chi connectivity index (χ4n) is 16.7. The molecule has 760 valence electrons. The molecule has 10 aromatic rings. The minimum atomic E-state index is -0.767. The predicted molar refractivity (Wildman–Crippen MR) is 574 cm³/mol. The Morgan fingerprint density at radius 1 is 0.424 bits per heavy atom. The number of nitrogens with one attached hydrogen (secondary N) is 2. The summed E-state index contributed by atoms with van der Waals surface area (Å²) in [6.45, 7) is 18.5. The van der Waals surface area contributed by atoms with Crippen LogP contribution in [0.15, 0.2) is 209 Å². The average Bonchev–Trinajstić information content (AvgIpc) is 0.768. The lowest BCUT2D eigenvalue weighted by molar-refractivity contribution is -0.156. The number of carboxylic acid groups (broad SMARTS) is 1.